The van der Waals surface area contributed by atoms with Crippen LogP contribution in [0.4, 0.5) is 0 Å². The zero-order valence-corrected chi connectivity index (χ0v) is 10.3. The number of nitrogens with zero attached hydrogens (tertiary/aromatic N) is 1. The summed E-state index contributed by atoms with van der Waals surface area (Å²) in [5.74, 6) is 2.62. The highest BCUT2D eigenvalue weighted by Gasteiger charge is 2.32. The topological polar surface area (TPSA) is 15.3 Å². The lowest BCUT2D eigenvalue weighted by Crippen LogP contribution is -2.46. The fraction of sp³-hybridized carbons (Fsp3) is 0.846. The molecule has 2 nitrogen and oxygen atoms in total. The predicted octanol–water partition coefficient (Wildman–Crippen LogP) is 1.86. The molecule has 1 aliphatic rings. The third kappa shape index (κ3) is 3.22. The van der Waals surface area contributed by atoms with Gasteiger partial charge in [0, 0.05) is 24.7 Å². The Morgan fingerprint density at radius 1 is 1.53 bits per heavy atom. The molecule has 1 rings (SSSR count). The summed E-state index contributed by atoms with van der Waals surface area (Å²) in [5, 5.41) is 3.30. The third-order valence-corrected chi connectivity index (χ3v) is 3.50. The molecule has 0 aliphatic carbocycles. The summed E-state index contributed by atoms with van der Waals surface area (Å²) in [5.41, 5.74) is 0. The monoisotopic (exact) mass is 208 g/mol. The van der Waals surface area contributed by atoms with Gasteiger partial charge < -0.3 is 5.32 Å². The van der Waals surface area contributed by atoms with Gasteiger partial charge in [-0.1, -0.05) is 12.8 Å². The fourth-order valence-corrected chi connectivity index (χ4v) is 2.76. The van der Waals surface area contributed by atoms with Crippen LogP contribution in [0.15, 0.2) is 0 Å². The molecule has 0 aromatic carbocycles. The van der Waals surface area contributed by atoms with Crippen molar-refractivity contribution in [2.24, 2.45) is 0 Å². The summed E-state index contributed by atoms with van der Waals surface area (Å²) in [7, 11) is 0. The average Bonchev–Trinajstić information content (AvgIpc) is 2.59. The number of nitrogens with one attached hydrogen (secondary N) is 1. The lowest BCUT2D eigenvalue weighted by molar-refractivity contribution is 0.142. The Morgan fingerprint density at radius 3 is 2.87 bits per heavy atom. The lowest BCUT2D eigenvalue weighted by atomic mass is 10.1. The predicted molar refractivity (Wildman–Crippen MR) is 65.8 cm³/mol. The first-order chi connectivity index (χ1) is 7.20. The highest BCUT2D eigenvalue weighted by atomic mass is 15.2. The van der Waals surface area contributed by atoms with E-state index in [1.54, 1.807) is 0 Å². The Morgan fingerprint density at radius 2 is 2.27 bits per heavy atom. The molecule has 0 aromatic rings. The van der Waals surface area contributed by atoms with Crippen molar-refractivity contribution >= 4 is 0 Å². The van der Waals surface area contributed by atoms with Crippen LogP contribution in [-0.4, -0.2) is 36.1 Å². The number of terminal acetylenes is 1. The van der Waals surface area contributed by atoms with Crippen molar-refractivity contribution in [2.45, 2.75) is 58.2 Å². The Bertz CT molecular complexity index is 219. The van der Waals surface area contributed by atoms with E-state index in [0.29, 0.717) is 12.6 Å². The first-order valence-corrected chi connectivity index (χ1v) is 6.12. The van der Waals surface area contributed by atoms with E-state index in [0.717, 1.165) is 18.6 Å². The molecule has 3 unspecified atom stereocenters. The minimum absolute atomic E-state index is 0.598. The van der Waals surface area contributed by atoms with E-state index in [2.05, 4.69) is 36.9 Å². The van der Waals surface area contributed by atoms with Gasteiger partial charge in [-0.2, -0.15) is 0 Å². The maximum Gasteiger partial charge on any atom is 0.0574 e. The molecular weight excluding hydrogens is 184 g/mol. The highest BCUT2D eigenvalue weighted by molar-refractivity contribution is 4.90. The van der Waals surface area contributed by atoms with Gasteiger partial charge in [-0.05, 0) is 33.1 Å². The van der Waals surface area contributed by atoms with Crippen LogP contribution in [-0.2, 0) is 0 Å². The third-order valence-electron chi connectivity index (χ3n) is 3.50. The number of rotatable bonds is 5. The molecule has 0 radical (unpaired) electrons. The van der Waals surface area contributed by atoms with Crippen LogP contribution < -0.4 is 5.32 Å². The molecule has 1 fully saturated rings. The van der Waals surface area contributed by atoms with Crippen molar-refractivity contribution in [2.75, 3.05) is 13.1 Å². The van der Waals surface area contributed by atoms with Crippen LogP contribution in [0.5, 0.6) is 0 Å². The van der Waals surface area contributed by atoms with Gasteiger partial charge in [0.25, 0.3) is 0 Å². The van der Waals surface area contributed by atoms with Gasteiger partial charge in [-0.25, -0.2) is 0 Å². The molecule has 1 heterocycles. The Hall–Kier alpha value is -0.520. The van der Waals surface area contributed by atoms with Crippen molar-refractivity contribution in [3.63, 3.8) is 0 Å². The van der Waals surface area contributed by atoms with E-state index in [1.165, 1.54) is 19.3 Å². The zero-order chi connectivity index (χ0) is 11.3. The van der Waals surface area contributed by atoms with Crippen LogP contribution in [0.25, 0.3) is 0 Å². The van der Waals surface area contributed by atoms with E-state index in [9.17, 15) is 0 Å². The van der Waals surface area contributed by atoms with Gasteiger partial charge in [0.15, 0.2) is 0 Å². The quantitative estimate of drug-likeness (QED) is 0.548. The Balaban J connectivity index is 2.42. The molecule has 0 aromatic heterocycles. The molecule has 0 amide bonds. The number of hydrogen-bond acceptors (Lipinski definition) is 2. The van der Waals surface area contributed by atoms with Crippen LogP contribution in [0.2, 0.25) is 0 Å². The van der Waals surface area contributed by atoms with Crippen LogP contribution in [0, 0.1) is 12.3 Å². The summed E-state index contributed by atoms with van der Waals surface area (Å²) in [4.78, 5) is 2.66. The normalized spacial score (nSPS) is 28.9. The van der Waals surface area contributed by atoms with Crippen LogP contribution in [0.1, 0.15) is 40.0 Å². The maximum atomic E-state index is 5.22. The van der Waals surface area contributed by atoms with Crippen molar-refractivity contribution in [3.8, 4) is 12.3 Å². The van der Waals surface area contributed by atoms with Crippen molar-refractivity contribution in [3.05, 3.63) is 0 Å². The Kier molecular flexibility index (Phi) is 5.14. The van der Waals surface area contributed by atoms with Crippen molar-refractivity contribution in [1.29, 1.82) is 0 Å². The molecule has 1 saturated heterocycles. The second kappa shape index (κ2) is 6.15. The van der Waals surface area contributed by atoms with E-state index < -0.39 is 0 Å². The first-order valence-electron chi connectivity index (χ1n) is 6.12. The first kappa shape index (κ1) is 12.5. The van der Waals surface area contributed by atoms with Crippen molar-refractivity contribution < 1.29 is 0 Å². The molecule has 2 heteroatoms. The Labute approximate surface area is 94.4 Å². The van der Waals surface area contributed by atoms with Crippen LogP contribution in [0.3, 0.4) is 0 Å². The van der Waals surface area contributed by atoms with Gasteiger partial charge in [-0.3, -0.25) is 4.90 Å². The summed E-state index contributed by atoms with van der Waals surface area (Å²) >= 11 is 0. The van der Waals surface area contributed by atoms with Gasteiger partial charge in [0.1, 0.15) is 0 Å². The summed E-state index contributed by atoms with van der Waals surface area (Å²) in [6.07, 6.45) is 9.19. The standard InChI is InChI=1S/C13H24N2/c1-5-9-14-10-12(4)15-11(3)7-8-13(15)6-2/h1,11-14H,6-10H2,2-4H3. The maximum absolute atomic E-state index is 5.22. The molecule has 3 atom stereocenters. The van der Waals surface area contributed by atoms with E-state index in [-0.39, 0.29) is 0 Å². The molecule has 0 saturated carbocycles. The molecule has 15 heavy (non-hydrogen) atoms. The number of hydrogen-bond donors (Lipinski definition) is 1. The van der Waals surface area contributed by atoms with Gasteiger partial charge in [-0.15, -0.1) is 6.42 Å². The minimum Gasteiger partial charge on any atom is -0.305 e. The summed E-state index contributed by atoms with van der Waals surface area (Å²) < 4.78 is 0. The van der Waals surface area contributed by atoms with Gasteiger partial charge in [0.2, 0.25) is 0 Å². The second-order valence-electron chi connectivity index (χ2n) is 4.62. The summed E-state index contributed by atoms with van der Waals surface area (Å²) in [6.45, 7) is 8.62. The molecule has 0 bridgehead atoms. The van der Waals surface area contributed by atoms with Gasteiger partial charge >= 0.3 is 0 Å². The SMILES string of the molecule is C#CCNCC(C)N1C(C)CCC1CC. The molecule has 1 aliphatic heterocycles. The second-order valence-corrected chi connectivity index (χ2v) is 4.62. The summed E-state index contributed by atoms with van der Waals surface area (Å²) in [6, 6.07) is 2.11. The minimum atomic E-state index is 0.598. The van der Waals surface area contributed by atoms with Crippen molar-refractivity contribution in [1.82, 2.24) is 10.2 Å². The van der Waals surface area contributed by atoms with E-state index in [1.807, 2.05) is 0 Å². The number of likely N-dealkylation sites (tertiary alicyclic amines) is 1. The largest absolute Gasteiger partial charge is 0.305 e. The van der Waals surface area contributed by atoms with E-state index in [4.69, 9.17) is 6.42 Å². The smallest absolute Gasteiger partial charge is 0.0574 e. The molecule has 0 spiro atoms. The zero-order valence-electron chi connectivity index (χ0n) is 10.3. The van der Waals surface area contributed by atoms with Gasteiger partial charge in [0.05, 0.1) is 6.54 Å². The average molecular weight is 208 g/mol. The van der Waals surface area contributed by atoms with E-state index >= 15 is 0 Å². The van der Waals surface area contributed by atoms with Crippen LogP contribution >= 0.6 is 0 Å². The fourth-order valence-electron chi connectivity index (χ4n) is 2.76. The lowest BCUT2D eigenvalue weighted by Gasteiger charge is -2.34. The molecule has 1 N–H and O–H groups in total. The molecular formula is C13H24N2. The molecule has 86 valence electrons. The highest BCUT2D eigenvalue weighted by Crippen LogP contribution is 2.27.